The van der Waals surface area contributed by atoms with E-state index in [2.05, 4.69) is 0 Å². The monoisotopic (exact) mass is 289 g/mol. The molecule has 1 atom stereocenters. The minimum atomic E-state index is -3.54. The fraction of sp³-hybridized carbons (Fsp3) is 0.200. The average molecular weight is 289 g/mol. The number of rotatable bonds is 3. The number of hydrogen-bond acceptors (Lipinski definition) is 3. The predicted octanol–water partition coefficient (Wildman–Crippen LogP) is 3.24. The molecule has 2 heterocycles. The van der Waals surface area contributed by atoms with Crippen LogP contribution in [0.3, 0.4) is 0 Å². The number of sulfonamides is 1. The second kappa shape index (κ2) is 4.83. The Morgan fingerprint density at radius 1 is 1.20 bits per heavy atom. The summed E-state index contributed by atoms with van der Waals surface area (Å²) in [6.07, 6.45) is 5.64. The van der Waals surface area contributed by atoms with Crippen LogP contribution in [0.4, 0.5) is 0 Å². The first-order valence-electron chi connectivity index (χ1n) is 6.39. The van der Waals surface area contributed by atoms with Crippen molar-refractivity contribution >= 4 is 10.0 Å². The van der Waals surface area contributed by atoms with Gasteiger partial charge in [-0.2, -0.15) is 0 Å². The molecule has 1 aliphatic heterocycles. The smallest absolute Gasteiger partial charge is 0.264 e. The van der Waals surface area contributed by atoms with Crippen LogP contribution in [0.1, 0.15) is 23.8 Å². The van der Waals surface area contributed by atoms with Gasteiger partial charge in [0.25, 0.3) is 10.0 Å². The van der Waals surface area contributed by atoms with Gasteiger partial charge < -0.3 is 4.42 Å². The SMILES string of the molecule is Cc1ccc(S(=O)(=O)N2C=CCC2c2ccco2)cc1. The molecule has 1 aromatic carbocycles. The molecule has 0 bridgehead atoms. The molecule has 5 heteroatoms. The molecule has 0 saturated carbocycles. The van der Waals surface area contributed by atoms with Crippen molar-refractivity contribution in [3.63, 3.8) is 0 Å². The van der Waals surface area contributed by atoms with E-state index in [1.807, 2.05) is 13.0 Å². The summed E-state index contributed by atoms with van der Waals surface area (Å²) in [7, 11) is -3.54. The van der Waals surface area contributed by atoms with Gasteiger partial charge in [0.05, 0.1) is 11.2 Å². The standard InChI is InChI=1S/C15H15NO3S/c1-12-6-8-13(9-7-12)20(17,18)16-10-2-4-14(16)15-5-3-11-19-15/h2-3,5-11,14H,4H2,1H3. The van der Waals surface area contributed by atoms with Gasteiger partial charge >= 0.3 is 0 Å². The number of furan rings is 1. The van der Waals surface area contributed by atoms with Crippen LogP contribution in [-0.2, 0) is 10.0 Å². The van der Waals surface area contributed by atoms with Crippen LogP contribution in [0.25, 0.3) is 0 Å². The molecule has 0 aliphatic carbocycles. The highest BCUT2D eigenvalue weighted by molar-refractivity contribution is 7.89. The fourth-order valence-corrected chi connectivity index (χ4v) is 3.80. The zero-order valence-corrected chi connectivity index (χ0v) is 11.9. The maximum atomic E-state index is 12.7. The molecule has 0 spiro atoms. The summed E-state index contributed by atoms with van der Waals surface area (Å²) in [5.74, 6) is 0.658. The van der Waals surface area contributed by atoms with Gasteiger partial charge in [-0.25, -0.2) is 8.42 Å². The van der Waals surface area contributed by atoms with Gasteiger partial charge in [0.2, 0.25) is 0 Å². The Hall–Kier alpha value is -2.01. The molecule has 0 amide bonds. The lowest BCUT2D eigenvalue weighted by Gasteiger charge is -2.23. The van der Waals surface area contributed by atoms with Gasteiger partial charge in [-0.3, -0.25) is 4.31 Å². The Balaban J connectivity index is 1.98. The molecule has 0 fully saturated rings. The molecule has 1 aromatic heterocycles. The Labute approximate surface area is 118 Å². The van der Waals surface area contributed by atoms with Gasteiger partial charge in [0.15, 0.2) is 0 Å². The van der Waals surface area contributed by atoms with Gasteiger partial charge in [-0.15, -0.1) is 0 Å². The Morgan fingerprint density at radius 3 is 2.60 bits per heavy atom. The lowest BCUT2D eigenvalue weighted by Crippen LogP contribution is -2.27. The summed E-state index contributed by atoms with van der Waals surface area (Å²) in [5, 5.41) is 0. The third kappa shape index (κ3) is 2.14. The van der Waals surface area contributed by atoms with Gasteiger partial charge in [-0.1, -0.05) is 23.8 Å². The van der Waals surface area contributed by atoms with Crippen molar-refractivity contribution in [3.8, 4) is 0 Å². The van der Waals surface area contributed by atoms with Crippen LogP contribution in [-0.4, -0.2) is 12.7 Å². The lowest BCUT2D eigenvalue weighted by atomic mass is 10.2. The Bertz CT molecular complexity index is 715. The van der Waals surface area contributed by atoms with Gasteiger partial charge in [0, 0.05) is 6.20 Å². The normalized spacial score (nSPS) is 18.6. The molecule has 104 valence electrons. The molecular formula is C15H15NO3S. The fourth-order valence-electron chi connectivity index (χ4n) is 2.30. The molecule has 1 aliphatic rings. The molecule has 1 unspecified atom stereocenters. The average Bonchev–Trinajstić information content (AvgIpc) is 3.10. The van der Waals surface area contributed by atoms with Crippen molar-refractivity contribution in [3.05, 3.63) is 66.3 Å². The van der Waals surface area contributed by atoms with Crippen LogP contribution < -0.4 is 0 Å². The van der Waals surface area contributed by atoms with Crippen molar-refractivity contribution in [1.82, 2.24) is 4.31 Å². The first-order chi connectivity index (χ1) is 9.59. The third-order valence-electron chi connectivity index (χ3n) is 3.39. The zero-order chi connectivity index (χ0) is 14.2. The van der Waals surface area contributed by atoms with E-state index in [0.29, 0.717) is 17.1 Å². The molecule has 0 radical (unpaired) electrons. The minimum absolute atomic E-state index is 0.295. The van der Waals surface area contributed by atoms with Crippen LogP contribution in [0.5, 0.6) is 0 Å². The highest BCUT2D eigenvalue weighted by Gasteiger charge is 2.33. The number of nitrogens with zero attached hydrogens (tertiary/aromatic N) is 1. The van der Waals surface area contributed by atoms with Crippen LogP contribution in [0, 0.1) is 6.92 Å². The van der Waals surface area contributed by atoms with Gasteiger partial charge in [-0.05, 0) is 37.6 Å². The highest BCUT2D eigenvalue weighted by Crippen LogP contribution is 2.35. The van der Waals surface area contributed by atoms with E-state index in [9.17, 15) is 8.42 Å². The first kappa shape index (κ1) is 13.0. The van der Waals surface area contributed by atoms with E-state index in [1.165, 1.54) is 4.31 Å². The van der Waals surface area contributed by atoms with Gasteiger partial charge in [0.1, 0.15) is 11.8 Å². The van der Waals surface area contributed by atoms with Crippen LogP contribution in [0.15, 0.2) is 64.2 Å². The summed E-state index contributed by atoms with van der Waals surface area (Å²) in [6.45, 7) is 1.93. The van der Waals surface area contributed by atoms with Crippen molar-refractivity contribution in [1.29, 1.82) is 0 Å². The Morgan fingerprint density at radius 2 is 1.95 bits per heavy atom. The maximum absolute atomic E-state index is 12.7. The summed E-state index contributed by atoms with van der Waals surface area (Å²) < 4.78 is 32.1. The second-order valence-electron chi connectivity index (χ2n) is 4.80. The van der Waals surface area contributed by atoms with Crippen molar-refractivity contribution < 1.29 is 12.8 Å². The van der Waals surface area contributed by atoms with Crippen LogP contribution in [0.2, 0.25) is 0 Å². The maximum Gasteiger partial charge on any atom is 0.264 e. The Kier molecular flexibility index (Phi) is 3.14. The van der Waals surface area contributed by atoms with Crippen molar-refractivity contribution in [2.24, 2.45) is 0 Å². The second-order valence-corrected chi connectivity index (χ2v) is 6.64. The summed E-state index contributed by atoms with van der Waals surface area (Å²) in [5.41, 5.74) is 1.03. The quantitative estimate of drug-likeness (QED) is 0.871. The number of aryl methyl sites for hydroxylation is 1. The van der Waals surface area contributed by atoms with Crippen molar-refractivity contribution in [2.45, 2.75) is 24.3 Å². The molecule has 2 aromatic rings. The predicted molar refractivity (Wildman–Crippen MR) is 75.4 cm³/mol. The molecule has 4 nitrogen and oxygen atoms in total. The molecule has 20 heavy (non-hydrogen) atoms. The topological polar surface area (TPSA) is 50.5 Å². The summed E-state index contributed by atoms with van der Waals surface area (Å²) >= 11 is 0. The molecule has 3 rings (SSSR count). The summed E-state index contributed by atoms with van der Waals surface area (Å²) in [6, 6.07) is 10.1. The summed E-state index contributed by atoms with van der Waals surface area (Å²) in [4.78, 5) is 0.297. The van der Waals surface area contributed by atoms with E-state index in [0.717, 1.165) is 5.56 Å². The highest BCUT2D eigenvalue weighted by atomic mass is 32.2. The van der Waals surface area contributed by atoms with E-state index in [-0.39, 0.29) is 6.04 Å². The third-order valence-corrected chi connectivity index (χ3v) is 5.19. The largest absolute Gasteiger partial charge is 0.467 e. The minimum Gasteiger partial charge on any atom is -0.467 e. The van der Waals surface area contributed by atoms with E-state index < -0.39 is 10.0 Å². The molecule has 0 saturated heterocycles. The lowest BCUT2D eigenvalue weighted by molar-refractivity contribution is 0.363. The molecule has 0 N–H and O–H groups in total. The number of benzene rings is 1. The van der Waals surface area contributed by atoms with E-state index in [4.69, 9.17) is 4.42 Å². The molecular weight excluding hydrogens is 274 g/mol. The number of hydrogen-bond donors (Lipinski definition) is 0. The zero-order valence-electron chi connectivity index (χ0n) is 11.1. The van der Waals surface area contributed by atoms with E-state index in [1.54, 1.807) is 48.9 Å². The van der Waals surface area contributed by atoms with E-state index >= 15 is 0 Å². The first-order valence-corrected chi connectivity index (χ1v) is 7.83. The van der Waals surface area contributed by atoms with Crippen LogP contribution >= 0.6 is 0 Å². The van der Waals surface area contributed by atoms with Crippen molar-refractivity contribution in [2.75, 3.05) is 0 Å².